The highest BCUT2D eigenvalue weighted by molar-refractivity contribution is 6.31. The summed E-state index contributed by atoms with van der Waals surface area (Å²) in [6.07, 6.45) is 0. The van der Waals surface area contributed by atoms with Crippen molar-refractivity contribution in [2.24, 2.45) is 0 Å². The number of hydrogen-bond acceptors (Lipinski definition) is 3. The number of carbonyl (C=O) groups excluding carboxylic acids is 1. The van der Waals surface area contributed by atoms with Crippen molar-refractivity contribution in [1.82, 2.24) is 9.55 Å². The molecule has 0 aliphatic carbocycles. The zero-order valence-electron chi connectivity index (χ0n) is 18.3. The number of rotatable bonds is 6. The van der Waals surface area contributed by atoms with E-state index in [4.69, 9.17) is 39.8 Å². The summed E-state index contributed by atoms with van der Waals surface area (Å²) in [4.78, 5) is 18.8. The van der Waals surface area contributed by atoms with Gasteiger partial charge in [-0.05, 0) is 72.8 Å². The van der Waals surface area contributed by atoms with Gasteiger partial charge in [-0.25, -0.2) is 4.98 Å². The van der Waals surface area contributed by atoms with E-state index in [9.17, 15) is 4.79 Å². The van der Waals surface area contributed by atoms with E-state index in [0.29, 0.717) is 38.0 Å². The largest absolute Gasteiger partial charge is 0.325 e. The minimum absolute atomic E-state index is 0.188. The third kappa shape index (κ3) is 4.96. The standard InChI is InChI=1S/C28H18Cl3N3O/c29-20-8-6-19(7-9-20)27(35)26-25(18-4-2-1-3-5-18)33-28(32-23-14-10-21(30)11-15-23)34(26)24-16-12-22(31)13-17-24/h1-17H,(H,32,33). The third-order valence-corrected chi connectivity index (χ3v) is 6.19. The van der Waals surface area contributed by atoms with E-state index in [2.05, 4.69) is 5.32 Å². The van der Waals surface area contributed by atoms with E-state index in [0.717, 1.165) is 16.9 Å². The van der Waals surface area contributed by atoms with Crippen LogP contribution in [0.5, 0.6) is 0 Å². The van der Waals surface area contributed by atoms with Gasteiger partial charge in [-0.15, -0.1) is 0 Å². The Hall–Kier alpha value is -3.57. The second kappa shape index (κ2) is 9.96. The fourth-order valence-electron chi connectivity index (χ4n) is 3.75. The van der Waals surface area contributed by atoms with Gasteiger partial charge in [0.15, 0.2) is 0 Å². The number of halogens is 3. The van der Waals surface area contributed by atoms with Gasteiger partial charge >= 0.3 is 0 Å². The summed E-state index contributed by atoms with van der Waals surface area (Å²) in [7, 11) is 0. The van der Waals surface area contributed by atoms with Crippen molar-refractivity contribution in [3.05, 3.63) is 129 Å². The molecule has 5 aromatic rings. The van der Waals surface area contributed by atoms with Crippen LogP contribution in [0, 0.1) is 0 Å². The molecule has 1 aromatic heterocycles. The normalized spacial score (nSPS) is 10.8. The third-order valence-electron chi connectivity index (χ3n) is 5.43. The summed E-state index contributed by atoms with van der Waals surface area (Å²) in [6.45, 7) is 0. The van der Waals surface area contributed by atoms with Crippen LogP contribution in [0.1, 0.15) is 16.1 Å². The molecule has 172 valence electrons. The Kier molecular flexibility index (Phi) is 6.60. The van der Waals surface area contributed by atoms with Crippen LogP contribution in [0.15, 0.2) is 103 Å². The maximum absolute atomic E-state index is 13.9. The SMILES string of the molecule is O=C(c1ccc(Cl)cc1)c1c(-c2ccccc2)nc(Nc2ccc(Cl)cc2)n1-c1ccc(Cl)cc1. The van der Waals surface area contributed by atoms with E-state index in [1.54, 1.807) is 48.5 Å². The van der Waals surface area contributed by atoms with Crippen molar-refractivity contribution in [2.75, 3.05) is 5.32 Å². The molecule has 4 aromatic carbocycles. The molecule has 0 aliphatic heterocycles. The van der Waals surface area contributed by atoms with E-state index in [1.165, 1.54) is 0 Å². The average Bonchev–Trinajstić information content (AvgIpc) is 3.25. The Morgan fingerprint density at radius 3 is 1.83 bits per heavy atom. The maximum Gasteiger partial charge on any atom is 0.213 e. The molecule has 0 saturated carbocycles. The predicted octanol–water partition coefficient (Wildman–Crippen LogP) is 8.47. The molecule has 35 heavy (non-hydrogen) atoms. The lowest BCUT2D eigenvalue weighted by Crippen LogP contribution is -2.12. The highest BCUT2D eigenvalue weighted by Gasteiger charge is 2.26. The van der Waals surface area contributed by atoms with Crippen LogP contribution in [-0.2, 0) is 0 Å². The molecule has 0 saturated heterocycles. The fourth-order valence-corrected chi connectivity index (χ4v) is 4.13. The number of imidazole rings is 1. The predicted molar refractivity (Wildman–Crippen MR) is 144 cm³/mol. The molecular formula is C28H18Cl3N3O. The lowest BCUT2D eigenvalue weighted by Gasteiger charge is -2.14. The first-order valence-corrected chi connectivity index (χ1v) is 11.9. The molecule has 1 heterocycles. The summed E-state index contributed by atoms with van der Waals surface area (Å²) < 4.78 is 1.81. The zero-order chi connectivity index (χ0) is 24.4. The van der Waals surface area contributed by atoms with Gasteiger partial charge in [-0.1, -0.05) is 65.1 Å². The summed E-state index contributed by atoms with van der Waals surface area (Å²) in [5, 5.41) is 5.12. The second-order valence-corrected chi connectivity index (χ2v) is 9.09. The van der Waals surface area contributed by atoms with Gasteiger partial charge in [0.2, 0.25) is 11.7 Å². The first-order valence-electron chi connectivity index (χ1n) is 10.8. The van der Waals surface area contributed by atoms with E-state index >= 15 is 0 Å². The molecule has 0 fully saturated rings. The lowest BCUT2D eigenvalue weighted by atomic mass is 10.0. The number of carbonyl (C=O) groups is 1. The number of hydrogen-bond donors (Lipinski definition) is 1. The summed E-state index contributed by atoms with van der Waals surface area (Å²) in [6, 6.07) is 31.0. The molecule has 0 unspecified atom stereocenters. The Balaban J connectivity index is 1.76. The minimum atomic E-state index is -0.188. The monoisotopic (exact) mass is 517 g/mol. The molecular weight excluding hydrogens is 501 g/mol. The topological polar surface area (TPSA) is 46.9 Å². The van der Waals surface area contributed by atoms with Crippen LogP contribution >= 0.6 is 34.8 Å². The Bertz CT molecular complexity index is 1480. The first-order chi connectivity index (χ1) is 17.0. The maximum atomic E-state index is 13.9. The molecule has 0 bridgehead atoms. The van der Waals surface area contributed by atoms with Crippen LogP contribution in [-0.4, -0.2) is 15.3 Å². The number of aromatic nitrogens is 2. The van der Waals surface area contributed by atoms with E-state index in [1.807, 2.05) is 59.2 Å². The average molecular weight is 519 g/mol. The highest BCUT2D eigenvalue weighted by atomic mass is 35.5. The van der Waals surface area contributed by atoms with Crippen LogP contribution < -0.4 is 5.32 Å². The number of anilines is 2. The lowest BCUT2D eigenvalue weighted by molar-refractivity contribution is 0.103. The first kappa shape index (κ1) is 23.2. The molecule has 4 nitrogen and oxygen atoms in total. The van der Waals surface area contributed by atoms with Crippen LogP contribution in [0.4, 0.5) is 11.6 Å². The molecule has 0 amide bonds. The van der Waals surface area contributed by atoms with Crippen LogP contribution in [0.2, 0.25) is 15.1 Å². The molecule has 7 heteroatoms. The van der Waals surface area contributed by atoms with Crippen molar-refractivity contribution in [3.8, 4) is 16.9 Å². The van der Waals surface area contributed by atoms with Crippen molar-refractivity contribution in [2.45, 2.75) is 0 Å². The van der Waals surface area contributed by atoms with Gasteiger partial charge in [0.25, 0.3) is 0 Å². The van der Waals surface area contributed by atoms with Gasteiger partial charge in [-0.2, -0.15) is 0 Å². The Labute approximate surface area is 217 Å². The summed E-state index contributed by atoms with van der Waals surface area (Å²) >= 11 is 18.3. The number of ketones is 1. The van der Waals surface area contributed by atoms with E-state index < -0.39 is 0 Å². The molecule has 0 radical (unpaired) electrons. The van der Waals surface area contributed by atoms with Gasteiger partial charge in [-0.3, -0.25) is 9.36 Å². The Morgan fingerprint density at radius 2 is 1.23 bits per heavy atom. The van der Waals surface area contributed by atoms with Crippen molar-refractivity contribution in [3.63, 3.8) is 0 Å². The van der Waals surface area contributed by atoms with Crippen molar-refractivity contribution < 1.29 is 4.79 Å². The van der Waals surface area contributed by atoms with Gasteiger partial charge in [0.1, 0.15) is 11.4 Å². The summed E-state index contributed by atoms with van der Waals surface area (Å²) in [5.74, 6) is 0.290. The second-order valence-electron chi connectivity index (χ2n) is 7.78. The van der Waals surface area contributed by atoms with Crippen molar-refractivity contribution in [1.29, 1.82) is 0 Å². The minimum Gasteiger partial charge on any atom is -0.325 e. The molecule has 1 N–H and O–H groups in total. The quantitative estimate of drug-likeness (QED) is 0.229. The number of nitrogens with one attached hydrogen (secondary N) is 1. The number of nitrogens with zero attached hydrogens (tertiary/aromatic N) is 2. The van der Waals surface area contributed by atoms with E-state index in [-0.39, 0.29) is 5.78 Å². The van der Waals surface area contributed by atoms with Gasteiger partial charge < -0.3 is 5.32 Å². The molecule has 0 spiro atoms. The van der Waals surface area contributed by atoms with Gasteiger partial charge in [0.05, 0.1) is 0 Å². The highest BCUT2D eigenvalue weighted by Crippen LogP contribution is 2.33. The smallest absolute Gasteiger partial charge is 0.213 e. The zero-order valence-corrected chi connectivity index (χ0v) is 20.5. The van der Waals surface area contributed by atoms with Crippen LogP contribution in [0.3, 0.4) is 0 Å². The Morgan fingerprint density at radius 1 is 0.686 bits per heavy atom. The molecule has 5 rings (SSSR count). The summed E-state index contributed by atoms with van der Waals surface area (Å²) in [5.41, 5.74) is 3.79. The molecule has 0 aliphatic rings. The molecule has 0 atom stereocenters. The van der Waals surface area contributed by atoms with Crippen LogP contribution in [0.25, 0.3) is 16.9 Å². The van der Waals surface area contributed by atoms with Crippen molar-refractivity contribution >= 4 is 52.2 Å². The number of benzene rings is 4. The fraction of sp³-hybridized carbons (Fsp3) is 0. The van der Waals surface area contributed by atoms with Gasteiger partial charge in [0, 0.05) is 37.6 Å².